The minimum absolute atomic E-state index is 0.0622. The van der Waals surface area contributed by atoms with E-state index in [1.165, 1.54) is 16.7 Å². The molecule has 1 aliphatic rings. The molecule has 1 amide bonds. The summed E-state index contributed by atoms with van der Waals surface area (Å²) in [5.74, 6) is 0.588. The minimum atomic E-state index is -0.687. The molecule has 2 unspecified atom stereocenters. The number of ether oxygens (including phenoxy) is 3. The van der Waals surface area contributed by atoms with Crippen molar-refractivity contribution in [3.63, 3.8) is 0 Å². The summed E-state index contributed by atoms with van der Waals surface area (Å²) in [5.41, 5.74) is 2.40. The van der Waals surface area contributed by atoms with E-state index < -0.39 is 12.0 Å². The number of fused-ring (bicyclic) bond motifs is 1. The van der Waals surface area contributed by atoms with Crippen LogP contribution in [0.1, 0.15) is 25.8 Å². The van der Waals surface area contributed by atoms with Gasteiger partial charge >= 0.3 is 5.97 Å². The first-order valence-electron chi connectivity index (χ1n) is 10.4. The molecule has 0 fully saturated rings. The molecule has 2 aromatic rings. The number of thiocarbonyl (C=S) groups is 1. The Bertz CT molecular complexity index is 1060. The van der Waals surface area contributed by atoms with Crippen molar-refractivity contribution < 1.29 is 23.8 Å². The number of thioether (sulfide) groups is 1. The lowest BCUT2D eigenvalue weighted by atomic mass is 9.98. The fourth-order valence-corrected chi connectivity index (χ4v) is 4.35. The zero-order chi connectivity index (χ0) is 24.0. The standard InChI is InChI=1S/C24H26N2O5S2/c1-5-15(2)22(24(28)29-4)26(3)23(27)21(33-14-32)10-16-6-8-18(25-12-16)17-7-9-19-20(11-17)31-13-30-19/h6-12,14-15,22H,5,13H2,1-4H3/b21-10-. The molecule has 0 spiro atoms. The topological polar surface area (TPSA) is 78.0 Å². The summed E-state index contributed by atoms with van der Waals surface area (Å²) in [7, 11) is 2.93. The molecule has 1 aromatic heterocycles. The molecule has 0 bridgehead atoms. The average Bonchev–Trinajstić information content (AvgIpc) is 3.31. The maximum absolute atomic E-state index is 13.2. The molecule has 9 heteroatoms. The molecule has 0 saturated heterocycles. The van der Waals surface area contributed by atoms with Crippen molar-refractivity contribution in [1.29, 1.82) is 0 Å². The third-order valence-electron chi connectivity index (χ3n) is 5.50. The van der Waals surface area contributed by atoms with Crippen LogP contribution in [-0.4, -0.2) is 53.5 Å². The normalized spacial score (nSPS) is 14.4. The van der Waals surface area contributed by atoms with E-state index in [4.69, 9.17) is 26.4 Å². The van der Waals surface area contributed by atoms with E-state index >= 15 is 0 Å². The van der Waals surface area contributed by atoms with Crippen LogP contribution in [0.4, 0.5) is 0 Å². The monoisotopic (exact) mass is 486 g/mol. The quantitative estimate of drug-likeness (QED) is 0.290. The second-order valence-electron chi connectivity index (χ2n) is 7.54. The lowest BCUT2D eigenvalue weighted by molar-refractivity contribution is -0.152. The molecule has 174 valence electrons. The highest BCUT2D eigenvalue weighted by Crippen LogP contribution is 2.35. The average molecular weight is 487 g/mol. The maximum Gasteiger partial charge on any atom is 0.328 e. The van der Waals surface area contributed by atoms with Gasteiger partial charge in [0.15, 0.2) is 11.5 Å². The van der Waals surface area contributed by atoms with Crippen LogP contribution in [0, 0.1) is 5.92 Å². The van der Waals surface area contributed by atoms with E-state index in [2.05, 4.69) is 4.98 Å². The first-order valence-corrected chi connectivity index (χ1v) is 11.8. The SMILES string of the molecule is CCC(C)C(C(=O)OC)N(C)C(=O)/C(=C/c1ccc(-c2ccc3c(c2)OCO3)nc1)SC=S. The number of hydrogen-bond donors (Lipinski definition) is 0. The van der Waals surface area contributed by atoms with Gasteiger partial charge in [-0.1, -0.05) is 50.3 Å². The number of pyridine rings is 1. The lowest BCUT2D eigenvalue weighted by Gasteiger charge is -2.30. The second-order valence-corrected chi connectivity index (χ2v) is 8.98. The van der Waals surface area contributed by atoms with Crippen LogP contribution >= 0.6 is 24.0 Å². The molecule has 3 rings (SSSR count). The molecule has 1 aliphatic heterocycles. The van der Waals surface area contributed by atoms with E-state index in [-0.39, 0.29) is 18.6 Å². The summed E-state index contributed by atoms with van der Waals surface area (Å²) in [5, 5.41) is 0. The predicted molar refractivity (Wildman–Crippen MR) is 133 cm³/mol. The molecule has 0 radical (unpaired) electrons. The highest BCUT2D eigenvalue weighted by atomic mass is 32.2. The van der Waals surface area contributed by atoms with Crippen LogP contribution in [0.2, 0.25) is 0 Å². The van der Waals surface area contributed by atoms with Crippen molar-refractivity contribution >= 4 is 46.6 Å². The Kier molecular flexibility index (Phi) is 8.46. The fraction of sp³-hybridized carbons (Fsp3) is 0.333. The third kappa shape index (κ3) is 5.72. The predicted octanol–water partition coefficient (Wildman–Crippen LogP) is 4.55. The number of amides is 1. The summed E-state index contributed by atoms with van der Waals surface area (Å²) in [6.45, 7) is 4.10. The van der Waals surface area contributed by atoms with E-state index in [1.54, 1.807) is 19.3 Å². The number of esters is 1. The summed E-state index contributed by atoms with van der Waals surface area (Å²) in [4.78, 5) is 31.9. The van der Waals surface area contributed by atoms with Crippen molar-refractivity contribution in [1.82, 2.24) is 9.88 Å². The van der Waals surface area contributed by atoms with Crippen molar-refractivity contribution in [2.45, 2.75) is 26.3 Å². The zero-order valence-corrected chi connectivity index (χ0v) is 20.6. The van der Waals surface area contributed by atoms with Crippen LogP contribution in [0.5, 0.6) is 11.5 Å². The van der Waals surface area contributed by atoms with Gasteiger partial charge in [-0.05, 0) is 41.8 Å². The van der Waals surface area contributed by atoms with Crippen molar-refractivity contribution in [3.05, 3.63) is 47.0 Å². The van der Waals surface area contributed by atoms with Crippen LogP contribution in [-0.2, 0) is 14.3 Å². The van der Waals surface area contributed by atoms with Crippen LogP contribution in [0.25, 0.3) is 17.3 Å². The molecule has 0 saturated carbocycles. The number of methoxy groups -OCH3 is 1. The number of aromatic nitrogens is 1. The van der Waals surface area contributed by atoms with Gasteiger partial charge in [-0.2, -0.15) is 0 Å². The summed E-state index contributed by atoms with van der Waals surface area (Å²) >= 11 is 6.11. The van der Waals surface area contributed by atoms with Gasteiger partial charge in [0.25, 0.3) is 5.91 Å². The van der Waals surface area contributed by atoms with Gasteiger partial charge in [-0.25, -0.2) is 4.79 Å². The molecule has 7 nitrogen and oxygen atoms in total. The number of rotatable bonds is 9. The maximum atomic E-state index is 13.2. The largest absolute Gasteiger partial charge is 0.467 e. The Morgan fingerprint density at radius 2 is 2.03 bits per heavy atom. The molecular formula is C24H26N2O5S2. The lowest BCUT2D eigenvalue weighted by Crippen LogP contribution is -2.47. The van der Waals surface area contributed by atoms with Gasteiger partial charge < -0.3 is 19.1 Å². The minimum Gasteiger partial charge on any atom is -0.467 e. The Balaban J connectivity index is 1.84. The van der Waals surface area contributed by atoms with E-state index in [0.29, 0.717) is 16.4 Å². The number of carbonyl (C=O) groups is 2. The molecule has 1 aromatic carbocycles. The fourth-order valence-electron chi connectivity index (χ4n) is 3.48. The first kappa shape index (κ1) is 24.7. The van der Waals surface area contributed by atoms with Gasteiger partial charge in [0, 0.05) is 23.5 Å². The molecule has 0 N–H and O–H groups in total. The Labute approximate surface area is 203 Å². The Hall–Kier alpha value is -2.91. The first-order chi connectivity index (χ1) is 15.9. The molecule has 2 heterocycles. The second kappa shape index (κ2) is 11.3. The molecule has 0 aliphatic carbocycles. The smallest absolute Gasteiger partial charge is 0.328 e. The van der Waals surface area contributed by atoms with Gasteiger partial charge in [0.2, 0.25) is 6.79 Å². The summed E-state index contributed by atoms with van der Waals surface area (Å²) in [6.07, 6.45) is 4.12. The van der Waals surface area contributed by atoms with Crippen LogP contribution < -0.4 is 9.47 Å². The Morgan fingerprint density at radius 3 is 2.67 bits per heavy atom. The van der Waals surface area contributed by atoms with E-state index in [0.717, 1.165) is 35.0 Å². The number of likely N-dealkylation sites (N-methyl/N-ethyl adjacent to an activating group) is 1. The Morgan fingerprint density at radius 1 is 1.27 bits per heavy atom. The van der Waals surface area contributed by atoms with Crippen LogP contribution in [0.3, 0.4) is 0 Å². The zero-order valence-electron chi connectivity index (χ0n) is 18.9. The molecule has 2 atom stereocenters. The van der Waals surface area contributed by atoms with Gasteiger partial charge in [0.1, 0.15) is 6.04 Å². The number of nitrogens with zero attached hydrogens (tertiary/aromatic N) is 2. The van der Waals surface area contributed by atoms with Gasteiger partial charge in [-0.3, -0.25) is 9.78 Å². The van der Waals surface area contributed by atoms with Crippen molar-refractivity contribution in [2.24, 2.45) is 5.92 Å². The molecule has 33 heavy (non-hydrogen) atoms. The number of carbonyl (C=O) groups excluding carboxylic acids is 2. The van der Waals surface area contributed by atoms with Crippen LogP contribution in [0.15, 0.2) is 41.4 Å². The van der Waals surface area contributed by atoms with Gasteiger partial charge in [0.05, 0.1) is 17.7 Å². The highest BCUT2D eigenvalue weighted by Gasteiger charge is 2.33. The number of hydrogen-bond acceptors (Lipinski definition) is 8. The van der Waals surface area contributed by atoms with Gasteiger partial charge in [-0.15, -0.1) is 0 Å². The number of benzene rings is 1. The van der Waals surface area contributed by atoms with E-state index in [9.17, 15) is 9.59 Å². The third-order valence-corrected chi connectivity index (χ3v) is 6.43. The highest BCUT2D eigenvalue weighted by molar-refractivity contribution is 8.24. The molecular weight excluding hydrogens is 460 g/mol. The summed E-state index contributed by atoms with van der Waals surface area (Å²) < 4.78 is 17.1. The van der Waals surface area contributed by atoms with E-state index in [1.807, 2.05) is 44.2 Å². The summed E-state index contributed by atoms with van der Waals surface area (Å²) in [6, 6.07) is 8.70. The van der Waals surface area contributed by atoms with Crippen molar-refractivity contribution in [2.75, 3.05) is 21.0 Å². The van der Waals surface area contributed by atoms with Crippen molar-refractivity contribution in [3.8, 4) is 22.8 Å².